The molecule has 0 fully saturated rings. The topological polar surface area (TPSA) is 65.7 Å². The van der Waals surface area contributed by atoms with Gasteiger partial charge in [-0.1, -0.05) is 0 Å². The summed E-state index contributed by atoms with van der Waals surface area (Å²) < 4.78 is 25.6. The summed E-state index contributed by atoms with van der Waals surface area (Å²) in [5.74, 6) is -2.95. The summed E-state index contributed by atoms with van der Waals surface area (Å²) in [6.07, 6.45) is -1.27. The van der Waals surface area contributed by atoms with Crippen LogP contribution in [0.25, 0.3) is 0 Å². The van der Waals surface area contributed by atoms with Gasteiger partial charge in [0.05, 0.1) is 0 Å². The van der Waals surface area contributed by atoms with E-state index in [4.69, 9.17) is 0 Å². The van der Waals surface area contributed by atoms with Crippen molar-refractivity contribution in [2.75, 3.05) is 0 Å². The van der Waals surface area contributed by atoms with Crippen LogP contribution in [0.4, 0.5) is 8.78 Å². The summed E-state index contributed by atoms with van der Waals surface area (Å²) >= 11 is 0. The van der Waals surface area contributed by atoms with E-state index in [1.165, 1.54) is 0 Å². The van der Waals surface area contributed by atoms with Gasteiger partial charge in [-0.25, -0.2) is 8.78 Å². The molecule has 6 heteroatoms. The fourth-order valence-electron chi connectivity index (χ4n) is 1.49. The zero-order valence-corrected chi connectivity index (χ0v) is 6.49. The minimum Gasteiger partial charge on any atom is -0.268 e. The van der Waals surface area contributed by atoms with E-state index in [0.717, 1.165) is 0 Å². The molecule has 0 saturated carbocycles. The third-order valence-electron chi connectivity index (χ3n) is 2.07. The lowest BCUT2D eigenvalue weighted by Crippen LogP contribution is -2.24. The van der Waals surface area contributed by atoms with E-state index in [0.29, 0.717) is 0 Å². The van der Waals surface area contributed by atoms with Gasteiger partial charge in [-0.15, -0.1) is 0 Å². The summed E-state index contributed by atoms with van der Waals surface area (Å²) in [7, 11) is 0. The molecule has 70 valence electrons. The molecule has 1 aromatic rings. The molecular weight excluding hydrogens is 182 g/mol. The van der Waals surface area contributed by atoms with Gasteiger partial charge in [0, 0.05) is 24.0 Å². The molecule has 1 aliphatic rings. The third kappa shape index (κ3) is 1.18. The van der Waals surface area contributed by atoms with E-state index < -0.39 is 29.9 Å². The number of aromatic nitrogens is 2. The highest BCUT2D eigenvalue weighted by atomic mass is 19.3. The van der Waals surface area contributed by atoms with Crippen LogP contribution in [-0.4, -0.2) is 16.1 Å². The summed E-state index contributed by atoms with van der Waals surface area (Å²) in [6, 6.07) is 0. The molecule has 0 saturated heterocycles. The zero-order valence-electron chi connectivity index (χ0n) is 6.49. The van der Waals surface area contributed by atoms with Crippen molar-refractivity contribution in [3.8, 4) is 0 Å². The smallest absolute Gasteiger partial charge is 0.266 e. The molecule has 2 N–H and O–H groups in total. The molecule has 0 aliphatic heterocycles. The van der Waals surface area contributed by atoms with Crippen molar-refractivity contribution >= 4 is 0 Å². The van der Waals surface area contributed by atoms with Crippen LogP contribution in [-0.2, 0) is 12.8 Å². The van der Waals surface area contributed by atoms with Crippen molar-refractivity contribution < 1.29 is 8.78 Å². The predicted molar refractivity (Wildman–Crippen MR) is 40.0 cm³/mol. The van der Waals surface area contributed by atoms with Gasteiger partial charge in [-0.2, -0.15) is 0 Å². The Morgan fingerprint density at radius 1 is 1.00 bits per heavy atom. The van der Waals surface area contributed by atoms with Crippen LogP contribution in [0.15, 0.2) is 9.59 Å². The Labute approximate surface area is 70.6 Å². The van der Waals surface area contributed by atoms with Crippen molar-refractivity contribution in [1.29, 1.82) is 0 Å². The third-order valence-corrected chi connectivity index (χ3v) is 2.07. The van der Waals surface area contributed by atoms with Crippen LogP contribution in [0, 0.1) is 0 Å². The van der Waals surface area contributed by atoms with Gasteiger partial charge in [0.25, 0.3) is 17.0 Å². The lowest BCUT2D eigenvalue weighted by Gasteiger charge is -2.03. The van der Waals surface area contributed by atoms with E-state index in [1.54, 1.807) is 0 Å². The van der Waals surface area contributed by atoms with Crippen LogP contribution in [0.5, 0.6) is 0 Å². The summed E-state index contributed by atoms with van der Waals surface area (Å²) in [6.45, 7) is 0. The molecule has 0 atom stereocenters. The fraction of sp³-hybridized carbons (Fsp3) is 0.429. The lowest BCUT2D eigenvalue weighted by molar-refractivity contribution is 0.0128. The Hall–Kier alpha value is -1.46. The number of nitrogens with one attached hydrogen (secondary N) is 2. The highest BCUT2D eigenvalue weighted by Crippen LogP contribution is 2.29. The summed E-state index contributed by atoms with van der Waals surface area (Å²) in [5, 5.41) is 4.02. The van der Waals surface area contributed by atoms with Gasteiger partial charge < -0.3 is 0 Å². The largest absolute Gasteiger partial charge is 0.268 e. The van der Waals surface area contributed by atoms with Crippen LogP contribution in [0.3, 0.4) is 0 Å². The second-order valence-corrected chi connectivity index (χ2v) is 3.07. The van der Waals surface area contributed by atoms with Gasteiger partial charge in [0.15, 0.2) is 0 Å². The number of H-pyrrole nitrogens is 2. The van der Waals surface area contributed by atoms with Gasteiger partial charge >= 0.3 is 0 Å². The SMILES string of the molecule is O=c1[nH][nH]c(=O)c2c1CC(F)(F)C2. The molecule has 2 rings (SSSR count). The quantitative estimate of drug-likeness (QED) is 0.592. The Balaban J connectivity index is 2.70. The maximum atomic E-state index is 12.8. The van der Waals surface area contributed by atoms with E-state index in [9.17, 15) is 18.4 Å². The lowest BCUT2D eigenvalue weighted by atomic mass is 10.2. The molecular formula is C7H6F2N2O2. The first-order chi connectivity index (χ1) is 5.99. The van der Waals surface area contributed by atoms with Gasteiger partial charge in [-0.3, -0.25) is 19.8 Å². The standard InChI is InChI=1S/C7H6F2N2O2/c8-7(9)1-3-4(2-7)6(13)11-10-5(3)12/h1-2H2,(H,10,12)(H,11,13). The fourth-order valence-corrected chi connectivity index (χ4v) is 1.49. The number of fused-ring (bicyclic) bond motifs is 1. The number of hydrogen-bond donors (Lipinski definition) is 2. The number of halogens is 2. The molecule has 0 spiro atoms. The van der Waals surface area contributed by atoms with E-state index >= 15 is 0 Å². The predicted octanol–water partition coefficient (Wildman–Crippen LogP) is -0.203. The van der Waals surface area contributed by atoms with Crippen molar-refractivity contribution in [3.05, 3.63) is 31.8 Å². The average Bonchev–Trinajstić information content (AvgIpc) is 2.35. The Morgan fingerprint density at radius 2 is 1.38 bits per heavy atom. The minimum atomic E-state index is -2.95. The summed E-state index contributed by atoms with van der Waals surface area (Å²) in [5.41, 5.74) is -1.44. The normalized spacial score (nSPS) is 18.6. The molecule has 1 heterocycles. The number of aromatic amines is 2. The molecule has 0 amide bonds. The number of rotatable bonds is 0. The summed E-state index contributed by atoms with van der Waals surface area (Å²) in [4.78, 5) is 22.0. The first-order valence-electron chi connectivity index (χ1n) is 3.70. The van der Waals surface area contributed by atoms with Crippen LogP contribution < -0.4 is 11.1 Å². The van der Waals surface area contributed by atoms with Gasteiger partial charge in [-0.05, 0) is 0 Å². The molecule has 4 nitrogen and oxygen atoms in total. The van der Waals surface area contributed by atoms with Crippen molar-refractivity contribution in [2.24, 2.45) is 0 Å². The first-order valence-corrected chi connectivity index (χ1v) is 3.70. The maximum absolute atomic E-state index is 12.8. The van der Waals surface area contributed by atoms with E-state index in [2.05, 4.69) is 0 Å². The molecule has 0 aromatic carbocycles. The van der Waals surface area contributed by atoms with Gasteiger partial charge in [0.2, 0.25) is 0 Å². The second-order valence-electron chi connectivity index (χ2n) is 3.07. The van der Waals surface area contributed by atoms with Crippen LogP contribution in [0.1, 0.15) is 11.1 Å². The average molecular weight is 188 g/mol. The number of alkyl halides is 2. The van der Waals surface area contributed by atoms with Crippen LogP contribution >= 0.6 is 0 Å². The molecule has 0 bridgehead atoms. The highest BCUT2D eigenvalue weighted by molar-refractivity contribution is 5.29. The first kappa shape index (κ1) is 8.15. The molecule has 0 radical (unpaired) electrons. The molecule has 0 unspecified atom stereocenters. The molecule has 1 aliphatic carbocycles. The monoisotopic (exact) mass is 188 g/mol. The maximum Gasteiger partial charge on any atom is 0.266 e. The van der Waals surface area contributed by atoms with Crippen molar-refractivity contribution in [2.45, 2.75) is 18.8 Å². The Kier molecular flexibility index (Phi) is 1.43. The second kappa shape index (κ2) is 2.27. The van der Waals surface area contributed by atoms with Crippen LogP contribution in [0.2, 0.25) is 0 Å². The zero-order chi connectivity index (χ0) is 9.64. The highest BCUT2D eigenvalue weighted by Gasteiger charge is 2.40. The van der Waals surface area contributed by atoms with E-state index in [1.807, 2.05) is 10.2 Å². The van der Waals surface area contributed by atoms with Crippen molar-refractivity contribution in [1.82, 2.24) is 10.2 Å². The van der Waals surface area contributed by atoms with E-state index in [-0.39, 0.29) is 11.1 Å². The van der Waals surface area contributed by atoms with Gasteiger partial charge in [0.1, 0.15) is 0 Å². The Bertz CT molecular complexity index is 419. The Morgan fingerprint density at radius 3 is 1.77 bits per heavy atom. The molecule has 1 aromatic heterocycles. The molecule has 13 heavy (non-hydrogen) atoms. The van der Waals surface area contributed by atoms with Crippen molar-refractivity contribution in [3.63, 3.8) is 0 Å². The number of hydrogen-bond acceptors (Lipinski definition) is 2. The minimum absolute atomic E-state index is 0.0891.